The predicted octanol–water partition coefficient (Wildman–Crippen LogP) is 3.91. The second kappa shape index (κ2) is 5.18. The molecule has 4 rings (SSSR count). The molecule has 114 valence electrons. The van der Waals surface area contributed by atoms with Crippen molar-refractivity contribution in [2.75, 3.05) is 0 Å². The van der Waals surface area contributed by atoms with Gasteiger partial charge in [0.05, 0.1) is 27.4 Å². The van der Waals surface area contributed by atoms with Crippen molar-refractivity contribution in [2.24, 2.45) is 0 Å². The number of aromatic nitrogens is 2. The molecule has 0 aliphatic carbocycles. The highest BCUT2D eigenvalue weighted by molar-refractivity contribution is 5.96. The molecular formula is C18H10N4O2. The van der Waals surface area contributed by atoms with E-state index in [1.807, 2.05) is 28.8 Å². The van der Waals surface area contributed by atoms with Crippen LogP contribution in [0.5, 0.6) is 0 Å². The predicted molar refractivity (Wildman–Crippen MR) is 89.1 cm³/mol. The van der Waals surface area contributed by atoms with E-state index in [9.17, 15) is 15.4 Å². The third kappa shape index (κ3) is 2.08. The second-order valence-electron chi connectivity index (χ2n) is 5.35. The van der Waals surface area contributed by atoms with Crippen LogP contribution < -0.4 is 0 Å². The first-order valence-corrected chi connectivity index (χ1v) is 7.23. The Morgan fingerprint density at radius 3 is 2.58 bits per heavy atom. The average molecular weight is 314 g/mol. The smallest absolute Gasteiger partial charge is 0.269 e. The van der Waals surface area contributed by atoms with E-state index in [1.165, 1.54) is 12.1 Å². The quantitative estimate of drug-likeness (QED) is 0.415. The molecule has 0 N–H and O–H groups in total. The van der Waals surface area contributed by atoms with Crippen molar-refractivity contribution in [3.05, 3.63) is 76.5 Å². The van der Waals surface area contributed by atoms with Gasteiger partial charge in [0.15, 0.2) is 0 Å². The first-order valence-electron chi connectivity index (χ1n) is 7.23. The van der Waals surface area contributed by atoms with E-state index in [0.717, 1.165) is 22.3 Å². The second-order valence-corrected chi connectivity index (χ2v) is 5.35. The van der Waals surface area contributed by atoms with E-state index in [-0.39, 0.29) is 5.69 Å². The van der Waals surface area contributed by atoms with E-state index < -0.39 is 4.92 Å². The fourth-order valence-electron chi connectivity index (χ4n) is 2.83. The molecule has 2 heterocycles. The van der Waals surface area contributed by atoms with Crippen LogP contribution in [0.1, 0.15) is 5.56 Å². The summed E-state index contributed by atoms with van der Waals surface area (Å²) in [5.74, 6) is 0. The maximum Gasteiger partial charge on any atom is 0.269 e. The number of hydrogen-bond acceptors (Lipinski definition) is 4. The largest absolute Gasteiger partial charge is 0.313 e. The van der Waals surface area contributed by atoms with Crippen LogP contribution in [0.3, 0.4) is 0 Å². The normalized spacial score (nSPS) is 10.8. The summed E-state index contributed by atoms with van der Waals surface area (Å²) in [4.78, 5) is 15.0. The van der Waals surface area contributed by atoms with Gasteiger partial charge in [-0.25, -0.2) is 4.98 Å². The van der Waals surface area contributed by atoms with Crippen molar-refractivity contribution in [1.29, 1.82) is 5.26 Å². The number of nitriles is 1. The minimum atomic E-state index is -0.435. The number of nitrogens with zero attached hydrogens (tertiary/aromatic N) is 4. The first kappa shape index (κ1) is 13.9. The van der Waals surface area contributed by atoms with Crippen LogP contribution in [0, 0.1) is 21.4 Å². The van der Waals surface area contributed by atoms with Crippen LogP contribution in [-0.2, 0) is 0 Å². The standard InChI is InChI=1S/C18H10N4O2/c19-10-12-9-17-18(15-3-1-2-4-16(15)20-17)21(11-12)13-5-7-14(8-6-13)22(23)24/h1-9,11H. The van der Waals surface area contributed by atoms with Crippen LogP contribution in [0.4, 0.5) is 5.69 Å². The molecule has 0 spiro atoms. The molecular weight excluding hydrogens is 304 g/mol. The Balaban J connectivity index is 2.03. The Morgan fingerprint density at radius 2 is 1.88 bits per heavy atom. The molecule has 0 unspecified atom stereocenters. The molecule has 6 nitrogen and oxygen atoms in total. The first-order chi connectivity index (χ1) is 11.7. The van der Waals surface area contributed by atoms with Crippen LogP contribution >= 0.6 is 0 Å². The highest BCUT2D eigenvalue weighted by Gasteiger charge is 2.18. The van der Waals surface area contributed by atoms with Crippen molar-refractivity contribution in [2.45, 2.75) is 0 Å². The molecule has 6 heteroatoms. The van der Waals surface area contributed by atoms with E-state index in [0.29, 0.717) is 11.3 Å². The van der Waals surface area contributed by atoms with Gasteiger partial charge in [-0.05, 0) is 24.3 Å². The van der Waals surface area contributed by atoms with Crippen molar-refractivity contribution in [3.63, 3.8) is 0 Å². The maximum atomic E-state index is 10.8. The van der Waals surface area contributed by atoms with E-state index >= 15 is 0 Å². The molecule has 24 heavy (non-hydrogen) atoms. The van der Waals surface area contributed by atoms with Crippen molar-refractivity contribution in [1.82, 2.24) is 9.55 Å². The molecule has 2 aromatic carbocycles. The summed E-state index contributed by atoms with van der Waals surface area (Å²) < 4.78 is 1.85. The number of pyridine rings is 1. The summed E-state index contributed by atoms with van der Waals surface area (Å²) in [5, 5.41) is 21.1. The molecule has 0 radical (unpaired) electrons. The van der Waals surface area contributed by atoms with Gasteiger partial charge in [-0.3, -0.25) is 10.1 Å². The van der Waals surface area contributed by atoms with Crippen LogP contribution in [0.2, 0.25) is 0 Å². The number of benzene rings is 2. The van der Waals surface area contributed by atoms with Gasteiger partial charge >= 0.3 is 0 Å². The lowest BCUT2D eigenvalue weighted by Gasteiger charge is -2.13. The lowest BCUT2D eigenvalue weighted by molar-refractivity contribution is -0.384. The van der Waals surface area contributed by atoms with Gasteiger partial charge in [0.2, 0.25) is 0 Å². The molecule has 2 aliphatic heterocycles. The topological polar surface area (TPSA) is 84.8 Å². The van der Waals surface area contributed by atoms with Gasteiger partial charge in [-0.2, -0.15) is 5.26 Å². The lowest BCUT2D eigenvalue weighted by Crippen LogP contribution is -2.02. The summed E-state index contributed by atoms with van der Waals surface area (Å²) in [5.41, 5.74) is 3.67. The van der Waals surface area contributed by atoms with Crippen molar-refractivity contribution < 1.29 is 4.92 Å². The number of non-ortho nitro benzene ring substituents is 1. The van der Waals surface area contributed by atoms with Gasteiger partial charge in [0.25, 0.3) is 5.69 Å². The fraction of sp³-hybridized carbons (Fsp3) is 0. The zero-order valence-corrected chi connectivity index (χ0v) is 12.4. The van der Waals surface area contributed by atoms with Gasteiger partial charge in [-0.15, -0.1) is 0 Å². The minimum absolute atomic E-state index is 0.0255. The summed E-state index contributed by atoms with van der Waals surface area (Å²) in [7, 11) is 0. The number of fused-ring (bicyclic) bond motifs is 3. The number of hydrogen-bond donors (Lipinski definition) is 0. The molecule has 0 saturated carbocycles. The third-order valence-electron chi connectivity index (χ3n) is 3.91. The van der Waals surface area contributed by atoms with Gasteiger partial charge < -0.3 is 4.57 Å². The molecule has 0 amide bonds. The number of para-hydroxylation sites is 1. The average Bonchev–Trinajstić information content (AvgIpc) is 2.99. The van der Waals surface area contributed by atoms with Crippen LogP contribution in [-0.4, -0.2) is 14.5 Å². The number of nitro benzene ring substituents is 1. The van der Waals surface area contributed by atoms with Gasteiger partial charge in [0, 0.05) is 29.4 Å². The molecule has 2 aliphatic rings. The van der Waals surface area contributed by atoms with Crippen molar-refractivity contribution in [3.8, 4) is 23.1 Å². The molecule has 0 saturated heterocycles. The molecule has 0 fully saturated rings. The zero-order valence-electron chi connectivity index (χ0n) is 12.4. The van der Waals surface area contributed by atoms with Crippen LogP contribution in [0.15, 0.2) is 60.8 Å². The van der Waals surface area contributed by atoms with Gasteiger partial charge in [-0.1, -0.05) is 18.2 Å². The van der Waals surface area contributed by atoms with Gasteiger partial charge in [0.1, 0.15) is 6.07 Å². The number of rotatable bonds is 2. The van der Waals surface area contributed by atoms with E-state index in [4.69, 9.17) is 0 Å². The highest BCUT2D eigenvalue weighted by atomic mass is 16.6. The minimum Gasteiger partial charge on any atom is -0.313 e. The SMILES string of the molecule is N#Cc1cc2nc3ccccc3c-2n(-c2ccc([N+](=O)[O-])cc2)c1. The fourth-order valence-corrected chi connectivity index (χ4v) is 2.83. The zero-order chi connectivity index (χ0) is 16.7. The monoisotopic (exact) mass is 314 g/mol. The Morgan fingerprint density at radius 1 is 1.12 bits per heavy atom. The molecule has 2 aromatic rings. The summed E-state index contributed by atoms with van der Waals surface area (Å²) in [6.45, 7) is 0. The molecule has 0 aromatic heterocycles. The maximum absolute atomic E-state index is 10.8. The molecule has 0 atom stereocenters. The van der Waals surface area contributed by atoms with E-state index in [1.54, 1.807) is 24.4 Å². The highest BCUT2D eigenvalue weighted by Crippen LogP contribution is 2.33. The molecule has 0 bridgehead atoms. The Labute approximate surface area is 136 Å². The van der Waals surface area contributed by atoms with Crippen molar-refractivity contribution >= 4 is 16.6 Å². The Hall–Kier alpha value is -3.72. The van der Waals surface area contributed by atoms with E-state index in [2.05, 4.69) is 11.1 Å². The van der Waals surface area contributed by atoms with Crippen LogP contribution in [0.25, 0.3) is 28.0 Å². The Bertz CT molecular complexity index is 1090. The summed E-state index contributed by atoms with van der Waals surface area (Å²) in [6.07, 6.45) is 1.72. The summed E-state index contributed by atoms with van der Waals surface area (Å²) in [6, 6.07) is 17.8. The Kier molecular flexibility index (Phi) is 3.00. The number of nitro groups is 1. The third-order valence-corrected chi connectivity index (χ3v) is 3.91. The summed E-state index contributed by atoms with van der Waals surface area (Å²) >= 11 is 0. The lowest BCUT2D eigenvalue weighted by atomic mass is 10.1.